The molecule has 8 heteroatoms. The molecule has 0 spiro atoms. The van der Waals surface area contributed by atoms with E-state index < -0.39 is 28.6 Å². The Morgan fingerprint density at radius 1 is 1.04 bits per heavy atom. The smallest absolute Gasteiger partial charge is 0.415 e. The Kier molecular flexibility index (Phi) is 6.35. The van der Waals surface area contributed by atoms with Gasteiger partial charge in [0.1, 0.15) is 17.4 Å². The SMILES string of the molecule is C[C@@H](C(=O)Oc1ccc([N+](=O)[O-])cc1)N(C(=O)OC(C)(C)C)c1ccccc1. The van der Waals surface area contributed by atoms with Gasteiger partial charge in [-0.1, -0.05) is 18.2 Å². The number of carbonyl (C=O) groups is 2. The van der Waals surface area contributed by atoms with E-state index in [4.69, 9.17) is 9.47 Å². The lowest BCUT2D eigenvalue weighted by atomic mass is 10.2. The van der Waals surface area contributed by atoms with Crippen LogP contribution in [0.3, 0.4) is 0 Å². The van der Waals surface area contributed by atoms with E-state index >= 15 is 0 Å². The van der Waals surface area contributed by atoms with Crippen molar-refractivity contribution in [3.8, 4) is 5.75 Å². The summed E-state index contributed by atoms with van der Waals surface area (Å²) < 4.78 is 10.7. The molecule has 148 valence electrons. The Labute approximate surface area is 162 Å². The number of benzene rings is 2. The Hall–Kier alpha value is -3.42. The number of rotatable bonds is 5. The third-order valence-corrected chi connectivity index (χ3v) is 3.62. The van der Waals surface area contributed by atoms with E-state index in [1.807, 2.05) is 0 Å². The van der Waals surface area contributed by atoms with Gasteiger partial charge in [0.2, 0.25) is 0 Å². The van der Waals surface area contributed by atoms with Crippen LogP contribution in [0.15, 0.2) is 54.6 Å². The van der Waals surface area contributed by atoms with Crippen LogP contribution in [0.25, 0.3) is 0 Å². The fraction of sp³-hybridized carbons (Fsp3) is 0.300. The quantitative estimate of drug-likeness (QED) is 0.328. The van der Waals surface area contributed by atoms with Crippen LogP contribution in [-0.2, 0) is 9.53 Å². The Bertz CT molecular complexity index is 843. The summed E-state index contributed by atoms with van der Waals surface area (Å²) in [6, 6.07) is 12.7. The highest BCUT2D eigenvalue weighted by Crippen LogP contribution is 2.23. The predicted molar refractivity (Wildman–Crippen MR) is 103 cm³/mol. The number of hydrogen-bond donors (Lipinski definition) is 0. The van der Waals surface area contributed by atoms with E-state index in [0.29, 0.717) is 5.69 Å². The molecule has 0 saturated carbocycles. The Balaban J connectivity index is 2.23. The van der Waals surface area contributed by atoms with Gasteiger partial charge < -0.3 is 9.47 Å². The lowest BCUT2D eigenvalue weighted by Gasteiger charge is -2.30. The predicted octanol–water partition coefficient (Wildman–Crippen LogP) is 4.33. The number of amides is 1. The zero-order chi connectivity index (χ0) is 20.9. The molecule has 0 aliphatic carbocycles. The minimum atomic E-state index is -0.993. The number of nitro groups is 1. The van der Waals surface area contributed by atoms with Gasteiger partial charge in [0, 0.05) is 17.8 Å². The van der Waals surface area contributed by atoms with Crippen LogP contribution in [0, 0.1) is 10.1 Å². The number of anilines is 1. The molecule has 1 amide bonds. The molecule has 2 aromatic rings. The lowest BCUT2D eigenvalue weighted by molar-refractivity contribution is -0.384. The highest BCUT2D eigenvalue weighted by atomic mass is 16.6. The number of para-hydroxylation sites is 1. The third-order valence-electron chi connectivity index (χ3n) is 3.62. The second-order valence-electron chi connectivity index (χ2n) is 7.03. The third kappa shape index (κ3) is 5.54. The van der Waals surface area contributed by atoms with Gasteiger partial charge in [-0.3, -0.25) is 15.0 Å². The molecule has 28 heavy (non-hydrogen) atoms. The second kappa shape index (κ2) is 8.51. The maximum absolute atomic E-state index is 12.7. The van der Waals surface area contributed by atoms with Gasteiger partial charge in [0.25, 0.3) is 5.69 Å². The first-order chi connectivity index (χ1) is 13.1. The van der Waals surface area contributed by atoms with E-state index in [2.05, 4.69) is 0 Å². The number of ether oxygens (including phenoxy) is 2. The molecule has 0 heterocycles. The highest BCUT2D eigenvalue weighted by molar-refractivity contribution is 5.96. The molecule has 0 saturated heterocycles. The van der Waals surface area contributed by atoms with Crippen LogP contribution in [0.2, 0.25) is 0 Å². The first-order valence-corrected chi connectivity index (χ1v) is 8.62. The van der Waals surface area contributed by atoms with E-state index in [1.54, 1.807) is 51.1 Å². The first-order valence-electron chi connectivity index (χ1n) is 8.62. The molecule has 8 nitrogen and oxygen atoms in total. The summed E-state index contributed by atoms with van der Waals surface area (Å²) >= 11 is 0. The van der Waals surface area contributed by atoms with Crippen LogP contribution in [-0.4, -0.2) is 28.6 Å². The Morgan fingerprint density at radius 2 is 1.61 bits per heavy atom. The summed E-state index contributed by atoms with van der Waals surface area (Å²) in [6.07, 6.45) is -0.688. The monoisotopic (exact) mass is 386 g/mol. The van der Waals surface area contributed by atoms with Gasteiger partial charge in [0.05, 0.1) is 4.92 Å². The molecular formula is C20H22N2O6. The number of hydrogen-bond acceptors (Lipinski definition) is 6. The molecule has 0 aromatic heterocycles. The zero-order valence-corrected chi connectivity index (χ0v) is 16.1. The van der Waals surface area contributed by atoms with Crippen LogP contribution in [0.4, 0.5) is 16.2 Å². The summed E-state index contributed by atoms with van der Waals surface area (Å²) in [7, 11) is 0. The molecule has 0 bridgehead atoms. The molecule has 0 N–H and O–H groups in total. The summed E-state index contributed by atoms with van der Waals surface area (Å²) in [5.41, 5.74) is -0.385. The van der Waals surface area contributed by atoms with Crippen molar-refractivity contribution < 1.29 is 24.0 Å². The summed E-state index contributed by atoms with van der Waals surface area (Å²) in [4.78, 5) is 36.7. The molecule has 0 unspecified atom stereocenters. The number of nitrogens with zero attached hydrogens (tertiary/aromatic N) is 2. The number of carbonyl (C=O) groups excluding carboxylic acids is 2. The van der Waals surface area contributed by atoms with E-state index in [1.165, 1.54) is 36.1 Å². The molecule has 2 rings (SSSR count). The number of non-ortho nitro benzene ring substituents is 1. The fourth-order valence-electron chi connectivity index (χ4n) is 2.33. The fourth-order valence-corrected chi connectivity index (χ4v) is 2.33. The van der Waals surface area contributed by atoms with E-state index in [-0.39, 0.29) is 11.4 Å². The summed E-state index contributed by atoms with van der Waals surface area (Å²) in [5, 5.41) is 10.7. The first kappa shape index (κ1) is 20.9. The van der Waals surface area contributed by atoms with Gasteiger partial charge in [-0.15, -0.1) is 0 Å². The molecule has 0 aliphatic rings. The maximum atomic E-state index is 12.7. The van der Waals surface area contributed by atoms with Crippen molar-refractivity contribution in [1.29, 1.82) is 0 Å². The second-order valence-corrected chi connectivity index (χ2v) is 7.03. The molecule has 2 aromatic carbocycles. The molecule has 1 atom stereocenters. The van der Waals surface area contributed by atoms with Crippen LogP contribution >= 0.6 is 0 Å². The summed E-state index contributed by atoms with van der Waals surface area (Å²) in [5.74, 6) is -0.566. The standard InChI is InChI=1S/C20H22N2O6/c1-14(18(23)27-17-12-10-16(11-13-17)22(25)26)21(15-8-6-5-7-9-15)19(24)28-20(2,3)4/h5-14H,1-4H3/t14-/m0/s1. The maximum Gasteiger partial charge on any atom is 0.415 e. The van der Waals surface area contributed by atoms with Crippen LogP contribution < -0.4 is 9.64 Å². The molecule has 0 aliphatic heterocycles. The van der Waals surface area contributed by atoms with Gasteiger partial charge in [-0.05, 0) is 52.0 Å². The van der Waals surface area contributed by atoms with Crippen molar-refractivity contribution in [2.75, 3.05) is 4.90 Å². The molecule has 0 radical (unpaired) electrons. The van der Waals surface area contributed by atoms with Gasteiger partial charge in [0.15, 0.2) is 0 Å². The highest BCUT2D eigenvalue weighted by Gasteiger charge is 2.32. The number of esters is 1. The van der Waals surface area contributed by atoms with Gasteiger partial charge in [-0.25, -0.2) is 9.59 Å². The topological polar surface area (TPSA) is 99.0 Å². The Morgan fingerprint density at radius 3 is 2.11 bits per heavy atom. The van der Waals surface area contributed by atoms with E-state index in [9.17, 15) is 19.7 Å². The van der Waals surface area contributed by atoms with E-state index in [0.717, 1.165) is 0 Å². The average Bonchev–Trinajstić information content (AvgIpc) is 2.61. The minimum absolute atomic E-state index is 0.118. The normalized spacial score (nSPS) is 12.0. The van der Waals surface area contributed by atoms with Crippen LogP contribution in [0.5, 0.6) is 5.75 Å². The van der Waals surface area contributed by atoms with Crippen molar-refractivity contribution in [1.82, 2.24) is 0 Å². The lowest BCUT2D eigenvalue weighted by Crippen LogP contribution is -2.47. The van der Waals surface area contributed by atoms with Crippen molar-refractivity contribution in [3.05, 3.63) is 64.7 Å². The largest absolute Gasteiger partial charge is 0.443 e. The van der Waals surface area contributed by atoms with Crippen molar-refractivity contribution in [2.45, 2.75) is 39.3 Å². The van der Waals surface area contributed by atoms with Crippen molar-refractivity contribution in [3.63, 3.8) is 0 Å². The van der Waals surface area contributed by atoms with Gasteiger partial charge in [-0.2, -0.15) is 0 Å². The average molecular weight is 386 g/mol. The van der Waals surface area contributed by atoms with Crippen molar-refractivity contribution >= 4 is 23.4 Å². The minimum Gasteiger partial charge on any atom is -0.443 e. The zero-order valence-electron chi connectivity index (χ0n) is 16.1. The molecule has 0 fully saturated rings. The van der Waals surface area contributed by atoms with Gasteiger partial charge >= 0.3 is 12.1 Å². The number of nitro benzene ring substituents is 1. The summed E-state index contributed by atoms with van der Waals surface area (Å²) in [6.45, 7) is 6.71. The molecular weight excluding hydrogens is 364 g/mol. The van der Waals surface area contributed by atoms with Crippen LogP contribution in [0.1, 0.15) is 27.7 Å². The van der Waals surface area contributed by atoms with Crippen molar-refractivity contribution in [2.24, 2.45) is 0 Å².